The van der Waals surface area contributed by atoms with Crippen molar-refractivity contribution in [3.8, 4) is 6.07 Å². The van der Waals surface area contributed by atoms with Crippen LogP contribution in [0.2, 0.25) is 0 Å². The van der Waals surface area contributed by atoms with Gasteiger partial charge >= 0.3 is 5.97 Å². The molecule has 0 aliphatic carbocycles. The Bertz CT molecular complexity index is 496. The van der Waals surface area contributed by atoms with Crippen molar-refractivity contribution in [1.82, 2.24) is 0 Å². The summed E-state index contributed by atoms with van der Waals surface area (Å²) in [4.78, 5) is 11.2. The zero-order chi connectivity index (χ0) is 13.7. The predicted octanol–water partition coefficient (Wildman–Crippen LogP) is 1.67. The van der Waals surface area contributed by atoms with Crippen molar-refractivity contribution in [3.05, 3.63) is 34.4 Å². The summed E-state index contributed by atoms with van der Waals surface area (Å²) in [5, 5.41) is 8.82. The molecule has 18 heavy (non-hydrogen) atoms. The van der Waals surface area contributed by atoms with Gasteiger partial charge in [-0.25, -0.2) is 8.78 Å². The molecule has 1 aromatic carbocycles. The molecule has 0 atom stereocenters. The first-order valence-corrected chi connectivity index (χ1v) is 5.14. The molecule has 0 saturated carbocycles. The fourth-order valence-electron chi connectivity index (χ4n) is 1.57. The first-order valence-electron chi connectivity index (χ1n) is 5.14. The van der Waals surface area contributed by atoms with Crippen LogP contribution < -0.4 is 5.73 Å². The van der Waals surface area contributed by atoms with Gasteiger partial charge in [0.2, 0.25) is 0 Å². The van der Waals surface area contributed by atoms with Gasteiger partial charge in [-0.15, -0.1) is 0 Å². The van der Waals surface area contributed by atoms with Crippen molar-refractivity contribution in [2.24, 2.45) is 5.73 Å². The third-order valence-corrected chi connectivity index (χ3v) is 2.51. The quantitative estimate of drug-likeness (QED) is 0.829. The number of ether oxygens (including phenoxy) is 1. The van der Waals surface area contributed by atoms with Gasteiger partial charge < -0.3 is 10.5 Å². The van der Waals surface area contributed by atoms with Gasteiger partial charge in [0.1, 0.15) is 0 Å². The highest BCUT2D eigenvalue weighted by Crippen LogP contribution is 2.26. The Morgan fingerprint density at radius 3 is 2.61 bits per heavy atom. The minimum atomic E-state index is -2.75. The van der Waals surface area contributed by atoms with Crippen LogP contribution in [-0.2, 0) is 22.5 Å². The normalized spacial score (nSPS) is 10.2. The number of carbonyl (C=O) groups excluding carboxylic acids is 1. The number of nitrogens with zero attached hydrogens (tertiary/aromatic N) is 1. The molecule has 96 valence electrons. The number of hydrogen-bond acceptors (Lipinski definition) is 4. The number of carbonyl (C=O) groups is 1. The number of nitriles is 1. The number of alkyl halides is 2. The Balaban J connectivity index is 3.27. The molecule has 0 amide bonds. The lowest BCUT2D eigenvalue weighted by molar-refractivity contribution is -0.139. The summed E-state index contributed by atoms with van der Waals surface area (Å²) in [6.07, 6.45) is -2.85. The minimum absolute atomic E-state index is 0.0117. The lowest BCUT2D eigenvalue weighted by atomic mass is 9.97. The van der Waals surface area contributed by atoms with Crippen LogP contribution in [0.4, 0.5) is 8.78 Å². The number of methoxy groups -OCH3 is 1. The molecule has 1 rings (SSSR count). The number of nitrogens with two attached hydrogens (primary N) is 1. The minimum Gasteiger partial charge on any atom is -0.469 e. The fourth-order valence-corrected chi connectivity index (χ4v) is 1.57. The van der Waals surface area contributed by atoms with Gasteiger partial charge in [0.25, 0.3) is 6.43 Å². The maximum atomic E-state index is 12.7. The average molecular weight is 254 g/mol. The van der Waals surface area contributed by atoms with Crippen molar-refractivity contribution >= 4 is 5.97 Å². The lowest BCUT2D eigenvalue weighted by Gasteiger charge is -2.11. The highest BCUT2D eigenvalue weighted by atomic mass is 19.3. The summed E-state index contributed by atoms with van der Waals surface area (Å²) in [5.41, 5.74) is 5.78. The van der Waals surface area contributed by atoms with Crippen LogP contribution in [0.25, 0.3) is 0 Å². The van der Waals surface area contributed by atoms with Crippen LogP contribution in [-0.4, -0.2) is 13.1 Å². The molecule has 0 saturated heterocycles. The molecule has 0 fully saturated rings. The van der Waals surface area contributed by atoms with Crippen molar-refractivity contribution in [3.63, 3.8) is 0 Å². The number of esters is 1. The molecule has 0 aliphatic heterocycles. The molecule has 0 unspecified atom stereocenters. The zero-order valence-electron chi connectivity index (χ0n) is 9.74. The SMILES string of the molecule is COC(=O)Cc1cc(C#N)c(C(F)F)cc1CN. The van der Waals surface area contributed by atoms with E-state index in [0.717, 1.165) is 0 Å². The van der Waals surface area contributed by atoms with E-state index in [4.69, 9.17) is 11.0 Å². The van der Waals surface area contributed by atoms with Crippen LogP contribution in [0.15, 0.2) is 12.1 Å². The van der Waals surface area contributed by atoms with Gasteiger partial charge in [-0.1, -0.05) is 0 Å². The Kier molecular flexibility index (Phi) is 4.75. The molecule has 0 heterocycles. The van der Waals surface area contributed by atoms with E-state index in [-0.39, 0.29) is 24.1 Å². The van der Waals surface area contributed by atoms with Gasteiger partial charge in [0, 0.05) is 12.1 Å². The van der Waals surface area contributed by atoms with Crippen molar-refractivity contribution in [1.29, 1.82) is 5.26 Å². The summed E-state index contributed by atoms with van der Waals surface area (Å²) in [6.45, 7) is 0.0117. The largest absolute Gasteiger partial charge is 0.469 e. The third kappa shape index (κ3) is 3.02. The van der Waals surface area contributed by atoms with E-state index >= 15 is 0 Å². The third-order valence-electron chi connectivity index (χ3n) is 2.51. The van der Waals surface area contributed by atoms with Gasteiger partial charge in [-0.3, -0.25) is 4.79 Å². The summed E-state index contributed by atoms with van der Waals surface area (Å²) in [6, 6.07) is 4.12. The number of rotatable bonds is 4. The van der Waals surface area contributed by atoms with Gasteiger partial charge in [0.15, 0.2) is 0 Å². The fraction of sp³-hybridized carbons (Fsp3) is 0.333. The summed E-state index contributed by atoms with van der Waals surface area (Å²) >= 11 is 0. The Morgan fingerprint density at radius 2 is 2.17 bits per heavy atom. The lowest BCUT2D eigenvalue weighted by Crippen LogP contribution is -2.11. The average Bonchev–Trinajstić information content (AvgIpc) is 2.37. The molecule has 0 aliphatic rings. The molecular formula is C12H12F2N2O2. The Labute approximate surface area is 103 Å². The second kappa shape index (κ2) is 6.07. The molecule has 0 aromatic heterocycles. The second-order valence-electron chi connectivity index (χ2n) is 3.58. The topological polar surface area (TPSA) is 76.1 Å². The highest BCUT2D eigenvalue weighted by molar-refractivity contribution is 5.73. The molecule has 2 N–H and O–H groups in total. The molecule has 4 nitrogen and oxygen atoms in total. The predicted molar refractivity (Wildman–Crippen MR) is 59.7 cm³/mol. The van der Waals surface area contributed by atoms with E-state index in [2.05, 4.69) is 4.74 Å². The van der Waals surface area contributed by atoms with Crippen LogP contribution in [0.1, 0.15) is 28.7 Å². The Morgan fingerprint density at radius 1 is 1.50 bits per heavy atom. The molecule has 0 spiro atoms. The van der Waals surface area contributed by atoms with E-state index in [0.29, 0.717) is 11.1 Å². The molecule has 6 heteroatoms. The van der Waals surface area contributed by atoms with E-state index in [1.54, 1.807) is 6.07 Å². The van der Waals surface area contributed by atoms with Crippen molar-refractivity contribution in [2.75, 3.05) is 7.11 Å². The van der Waals surface area contributed by atoms with E-state index in [1.165, 1.54) is 19.2 Å². The first-order chi connectivity index (χ1) is 8.53. The monoisotopic (exact) mass is 254 g/mol. The second-order valence-corrected chi connectivity index (χ2v) is 3.58. The van der Waals surface area contributed by atoms with E-state index in [9.17, 15) is 13.6 Å². The zero-order valence-corrected chi connectivity index (χ0v) is 9.74. The maximum Gasteiger partial charge on any atom is 0.309 e. The van der Waals surface area contributed by atoms with Crippen LogP contribution in [0.3, 0.4) is 0 Å². The van der Waals surface area contributed by atoms with Gasteiger partial charge in [-0.05, 0) is 23.3 Å². The smallest absolute Gasteiger partial charge is 0.309 e. The molecular weight excluding hydrogens is 242 g/mol. The summed E-state index contributed by atoms with van der Waals surface area (Å²) in [5.74, 6) is -0.515. The van der Waals surface area contributed by atoms with Crippen molar-refractivity contribution < 1.29 is 18.3 Å². The number of hydrogen-bond donors (Lipinski definition) is 1. The van der Waals surface area contributed by atoms with E-state index < -0.39 is 12.4 Å². The molecule has 0 radical (unpaired) electrons. The van der Waals surface area contributed by atoms with Crippen LogP contribution in [0.5, 0.6) is 0 Å². The standard InChI is InChI=1S/C12H12F2N2O2/c1-18-11(17)4-7-2-9(6-16)10(12(13)14)3-8(7)5-15/h2-3,12H,4-5,15H2,1H3. The number of benzene rings is 1. The number of halogens is 2. The Hall–Kier alpha value is -2.00. The highest BCUT2D eigenvalue weighted by Gasteiger charge is 2.17. The van der Waals surface area contributed by atoms with Crippen LogP contribution in [0, 0.1) is 11.3 Å². The van der Waals surface area contributed by atoms with Gasteiger partial charge in [-0.2, -0.15) is 5.26 Å². The summed E-state index contributed by atoms with van der Waals surface area (Å²) in [7, 11) is 1.23. The first kappa shape index (κ1) is 14.1. The van der Waals surface area contributed by atoms with Gasteiger partial charge in [0.05, 0.1) is 25.2 Å². The summed E-state index contributed by atoms with van der Waals surface area (Å²) < 4.78 is 29.9. The molecule has 0 bridgehead atoms. The van der Waals surface area contributed by atoms with Crippen LogP contribution >= 0.6 is 0 Å². The van der Waals surface area contributed by atoms with Crippen molar-refractivity contribution in [2.45, 2.75) is 19.4 Å². The molecule has 1 aromatic rings. The maximum absolute atomic E-state index is 12.7. The van der Waals surface area contributed by atoms with E-state index in [1.807, 2.05) is 0 Å².